The SMILES string of the molecule is CC1CCC(C(C)C)C(OOC(=O)c2ccc(C(C)C)cc2)C1. The van der Waals surface area contributed by atoms with Crippen LogP contribution in [0.25, 0.3) is 0 Å². The minimum Gasteiger partial charge on any atom is -0.293 e. The number of hydrogen-bond donors (Lipinski definition) is 0. The second-order valence-electron chi connectivity index (χ2n) is 7.61. The maximum atomic E-state index is 12.2. The van der Waals surface area contributed by atoms with Gasteiger partial charge in [-0.05, 0) is 54.2 Å². The molecule has 0 aliphatic heterocycles. The third kappa shape index (κ3) is 4.81. The Hall–Kier alpha value is -1.35. The third-order valence-corrected chi connectivity index (χ3v) is 5.02. The Morgan fingerprint density at radius 1 is 1.09 bits per heavy atom. The molecule has 3 atom stereocenters. The summed E-state index contributed by atoms with van der Waals surface area (Å²) in [5.41, 5.74) is 1.75. The van der Waals surface area contributed by atoms with Crippen molar-refractivity contribution in [1.29, 1.82) is 0 Å². The van der Waals surface area contributed by atoms with Crippen LogP contribution in [0, 0.1) is 17.8 Å². The Balaban J connectivity index is 1.94. The van der Waals surface area contributed by atoms with E-state index in [9.17, 15) is 4.79 Å². The molecule has 1 saturated carbocycles. The molecule has 0 amide bonds. The number of hydrogen-bond acceptors (Lipinski definition) is 3. The van der Waals surface area contributed by atoms with Gasteiger partial charge in [0.15, 0.2) is 0 Å². The highest BCUT2D eigenvalue weighted by atomic mass is 17.2. The van der Waals surface area contributed by atoms with Gasteiger partial charge in [0.1, 0.15) is 6.10 Å². The van der Waals surface area contributed by atoms with Crippen LogP contribution < -0.4 is 0 Å². The van der Waals surface area contributed by atoms with Crippen LogP contribution >= 0.6 is 0 Å². The van der Waals surface area contributed by atoms with Gasteiger partial charge >= 0.3 is 5.97 Å². The van der Waals surface area contributed by atoms with Gasteiger partial charge in [0.05, 0.1) is 5.56 Å². The molecular formula is C20H30O3. The second kappa shape index (κ2) is 7.96. The molecule has 1 aliphatic rings. The van der Waals surface area contributed by atoms with E-state index >= 15 is 0 Å². The zero-order valence-electron chi connectivity index (χ0n) is 15.0. The van der Waals surface area contributed by atoms with E-state index in [4.69, 9.17) is 9.78 Å². The fourth-order valence-corrected chi connectivity index (χ4v) is 3.38. The highest BCUT2D eigenvalue weighted by Gasteiger charge is 2.33. The Kier molecular flexibility index (Phi) is 6.23. The van der Waals surface area contributed by atoms with Crippen molar-refractivity contribution in [3.8, 4) is 0 Å². The molecule has 0 bridgehead atoms. The molecule has 1 aromatic rings. The van der Waals surface area contributed by atoms with Crippen molar-refractivity contribution >= 4 is 5.97 Å². The molecule has 3 heteroatoms. The zero-order valence-corrected chi connectivity index (χ0v) is 15.0. The van der Waals surface area contributed by atoms with Crippen molar-refractivity contribution in [2.45, 2.75) is 65.9 Å². The molecule has 3 nitrogen and oxygen atoms in total. The maximum absolute atomic E-state index is 12.2. The van der Waals surface area contributed by atoms with Crippen LogP contribution in [0.5, 0.6) is 0 Å². The van der Waals surface area contributed by atoms with Gasteiger partial charge < -0.3 is 0 Å². The largest absolute Gasteiger partial charge is 0.373 e. The highest BCUT2D eigenvalue weighted by molar-refractivity contribution is 5.88. The van der Waals surface area contributed by atoms with Crippen molar-refractivity contribution in [3.05, 3.63) is 35.4 Å². The summed E-state index contributed by atoms with van der Waals surface area (Å²) in [6, 6.07) is 7.57. The first-order valence-corrected chi connectivity index (χ1v) is 8.86. The summed E-state index contributed by atoms with van der Waals surface area (Å²) in [6.45, 7) is 10.9. The third-order valence-electron chi connectivity index (χ3n) is 5.02. The summed E-state index contributed by atoms with van der Waals surface area (Å²) >= 11 is 0. The maximum Gasteiger partial charge on any atom is 0.373 e. The van der Waals surface area contributed by atoms with E-state index in [1.165, 1.54) is 12.0 Å². The monoisotopic (exact) mass is 318 g/mol. The van der Waals surface area contributed by atoms with Crippen molar-refractivity contribution in [3.63, 3.8) is 0 Å². The average molecular weight is 318 g/mol. The lowest BCUT2D eigenvalue weighted by Crippen LogP contribution is -2.34. The molecule has 2 rings (SSSR count). The van der Waals surface area contributed by atoms with E-state index in [1.807, 2.05) is 24.3 Å². The van der Waals surface area contributed by atoms with Gasteiger partial charge in [0.25, 0.3) is 0 Å². The Labute approximate surface area is 140 Å². The van der Waals surface area contributed by atoms with E-state index in [2.05, 4.69) is 34.6 Å². The number of rotatable bonds is 5. The zero-order chi connectivity index (χ0) is 17.0. The first-order valence-electron chi connectivity index (χ1n) is 8.86. The average Bonchev–Trinajstić information content (AvgIpc) is 2.52. The van der Waals surface area contributed by atoms with Crippen LogP contribution in [0.15, 0.2) is 24.3 Å². The number of carbonyl (C=O) groups excluding carboxylic acids is 1. The number of benzene rings is 1. The van der Waals surface area contributed by atoms with Crippen LogP contribution in [0.3, 0.4) is 0 Å². The highest BCUT2D eigenvalue weighted by Crippen LogP contribution is 2.35. The summed E-state index contributed by atoms with van der Waals surface area (Å²) in [5.74, 6) is 1.67. The van der Waals surface area contributed by atoms with Gasteiger partial charge in [-0.25, -0.2) is 4.79 Å². The minimum atomic E-state index is -0.402. The van der Waals surface area contributed by atoms with Crippen LogP contribution in [-0.4, -0.2) is 12.1 Å². The molecule has 0 aromatic heterocycles. The van der Waals surface area contributed by atoms with Crippen LogP contribution in [0.1, 0.15) is 75.7 Å². The van der Waals surface area contributed by atoms with Gasteiger partial charge in [-0.15, -0.1) is 0 Å². The van der Waals surface area contributed by atoms with Gasteiger partial charge in [0.2, 0.25) is 0 Å². The Bertz CT molecular complexity index is 504. The molecule has 0 spiro atoms. The Morgan fingerprint density at radius 3 is 2.30 bits per heavy atom. The summed E-state index contributed by atoms with van der Waals surface area (Å²) in [5, 5.41) is 0. The molecule has 128 valence electrons. The van der Waals surface area contributed by atoms with Gasteiger partial charge in [0, 0.05) is 0 Å². The molecule has 1 aromatic carbocycles. The molecular weight excluding hydrogens is 288 g/mol. The summed E-state index contributed by atoms with van der Waals surface area (Å²) in [7, 11) is 0. The summed E-state index contributed by atoms with van der Waals surface area (Å²) < 4.78 is 0. The van der Waals surface area contributed by atoms with Gasteiger partial charge in [-0.1, -0.05) is 53.2 Å². The first-order chi connectivity index (χ1) is 10.9. The molecule has 0 heterocycles. The lowest BCUT2D eigenvalue weighted by atomic mass is 9.75. The van der Waals surface area contributed by atoms with Crippen molar-refractivity contribution in [1.82, 2.24) is 0 Å². The van der Waals surface area contributed by atoms with Crippen LogP contribution in [0.4, 0.5) is 0 Å². The molecule has 0 radical (unpaired) electrons. The topological polar surface area (TPSA) is 35.5 Å². The predicted molar refractivity (Wildman–Crippen MR) is 92.2 cm³/mol. The second-order valence-corrected chi connectivity index (χ2v) is 7.61. The fourth-order valence-electron chi connectivity index (χ4n) is 3.38. The van der Waals surface area contributed by atoms with E-state index in [0.717, 1.165) is 12.8 Å². The van der Waals surface area contributed by atoms with Crippen molar-refractivity contribution in [2.75, 3.05) is 0 Å². The van der Waals surface area contributed by atoms with E-state index < -0.39 is 5.97 Å². The van der Waals surface area contributed by atoms with Crippen LogP contribution in [0.2, 0.25) is 0 Å². The normalized spacial score (nSPS) is 24.9. The lowest BCUT2D eigenvalue weighted by Gasteiger charge is -2.35. The summed E-state index contributed by atoms with van der Waals surface area (Å²) in [6.07, 6.45) is 3.34. The van der Waals surface area contributed by atoms with E-state index in [0.29, 0.717) is 29.2 Å². The lowest BCUT2D eigenvalue weighted by molar-refractivity contribution is -0.296. The van der Waals surface area contributed by atoms with E-state index in [-0.39, 0.29) is 6.10 Å². The summed E-state index contributed by atoms with van der Waals surface area (Å²) in [4.78, 5) is 22.9. The van der Waals surface area contributed by atoms with Crippen LogP contribution in [-0.2, 0) is 9.78 Å². The Morgan fingerprint density at radius 2 is 1.74 bits per heavy atom. The predicted octanol–water partition coefficient (Wildman–Crippen LogP) is 5.36. The molecule has 1 aliphatic carbocycles. The molecule has 1 fully saturated rings. The van der Waals surface area contributed by atoms with Gasteiger partial charge in [-0.2, -0.15) is 4.89 Å². The molecule has 23 heavy (non-hydrogen) atoms. The quantitative estimate of drug-likeness (QED) is 0.541. The standard InChI is InChI=1S/C20H30O3/c1-13(2)16-7-9-17(10-8-16)20(21)23-22-19-12-15(5)6-11-18(19)14(3)4/h7-10,13-15,18-19H,6,11-12H2,1-5H3. The molecule has 0 saturated heterocycles. The molecule has 0 N–H and O–H groups in total. The van der Waals surface area contributed by atoms with Crippen molar-refractivity contribution < 1.29 is 14.6 Å². The number of carbonyl (C=O) groups is 1. The fraction of sp³-hybridized carbons (Fsp3) is 0.650. The van der Waals surface area contributed by atoms with Gasteiger partial charge in [-0.3, -0.25) is 4.89 Å². The molecule has 3 unspecified atom stereocenters. The van der Waals surface area contributed by atoms with Crippen molar-refractivity contribution in [2.24, 2.45) is 17.8 Å². The smallest absolute Gasteiger partial charge is 0.293 e. The van der Waals surface area contributed by atoms with E-state index in [1.54, 1.807) is 0 Å². The minimum absolute atomic E-state index is 0.0117. The first kappa shape index (κ1) is 18.0.